The molecule has 0 spiro atoms. The monoisotopic (exact) mass is 436 g/mol. The fraction of sp³-hybridized carbons (Fsp3) is 0.333. The summed E-state index contributed by atoms with van der Waals surface area (Å²) in [5.41, 5.74) is 1.38. The smallest absolute Gasteiger partial charge is 0.338 e. The van der Waals surface area contributed by atoms with Gasteiger partial charge in [0.1, 0.15) is 13.2 Å². The van der Waals surface area contributed by atoms with Gasteiger partial charge in [-0.05, 0) is 50.2 Å². The maximum Gasteiger partial charge on any atom is 0.338 e. The van der Waals surface area contributed by atoms with Crippen molar-refractivity contribution in [2.75, 3.05) is 26.3 Å². The van der Waals surface area contributed by atoms with Crippen LogP contribution in [-0.4, -0.2) is 71.9 Å². The van der Waals surface area contributed by atoms with Crippen LogP contribution in [0, 0.1) is 0 Å². The lowest BCUT2D eigenvalue weighted by atomic mass is 10.1. The molecule has 2 heterocycles. The number of hydrogen-bond donors (Lipinski definition) is 0. The van der Waals surface area contributed by atoms with Crippen molar-refractivity contribution in [2.45, 2.75) is 25.9 Å². The molecule has 4 rings (SSSR count). The van der Waals surface area contributed by atoms with Gasteiger partial charge in [-0.1, -0.05) is 12.1 Å². The molecular formula is C24H24N2O6. The quantitative estimate of drug-likeness (QED) is 0.376. The Morgan fingerprint density at radius 3 is 1.41 bits per heavy atom. The number of benzene rings is 2. The number of rotatable bonds is 7. The van der Waals surface area contributed by atoms with Crippen LogP contribution in [0.3, 0.4) is 0 Å². The van der Waals surface area contributed by atoms with E-state index in [2.05, 4.69) is 0 Å². The SMILES string of the molecule is CC1CN1C(=O)c1cccc(C(=O)OCCOC(=O)c2cccc(C(=O)N3CC3C)c2)c1. The van der Waals surface area contributed by atoms with Gasteiger partial charge in [0.2, 0.25) is 0 Å². The van der Waals surface area contributed by atoms with Crippen LogP contribution in [0.25, 0.3) is 0 Å². The Morgan fingerprint density at radius 1 is 0.719 bits per heavy atom. The Kier molecular flexibility index (Phi) is 5.94. The summed E-state index contributed by atoms with van der Waals surface area (Å²) < 4.78 is 10.3. The molecule has 2 unspecified atom stereocenters. The van der Waals surface area contributed by atoms with Crippen LogP contribution in [0.1, 0.15) is 55.3 Å². The van der Waals surface area contributed by atoms with Crippen molar-refractivity contribution in [3.8, 4) is 0 Å². The highest BCUT2D eigenvalue weighted by atomic mass is 16.6. The predicted octanol–water partition coefficient (Wildman–Crippen LogP) is 2.39. The van der Waals surface area contributed by atoms with Gasteiger partial charge in [-0.15, -0.1) is 0 Å². The molecule has 2 saturated heterocycles. The van der Waals surface area contributed by atoms with Gasteiger partial charge in [-0.25, -0.2) is 9.59 Å². The molecule has 2 aromatic carbocycles. The van der Waals surface area contributed by atoms with Crippen LogP contribution in [-0.2, 0) is 9.47 Å². The Balaban J connectivity index is 1.25. The predicted molar refractivity (Wildman–Crippen MR) is 114 cm³/mol. The Morgan fingerprint density at radius 2 is 1.06 bits per heavy atom. The van der Waals surface area contributed by atoms with Crippen molar-refractivity contribution in [3.63, 3.8) is 0 Å². The third kappa shape index (κ3) is 4.80. The van der Waals surface area contributed by atoms with Gasteiger partial charge in [-0.3, -0.25) is 9.59 Å². The number of amides is 2. The van der Waals surface area contributed by atoms with Crippen molar-refractivity contribution in [2.24, 2.45) is 0 Å². The minimum absolute atomic E-state index is 0.116. The minimum Gasteiger partial charge on any atom is -0.458 e. The van der Waals surface area contributed by atoms with E-state index in [9.17, 15) is 19.2 Å². The second-order valence-corrected chi connectivity index (χ2v) is 8.05. The summed E-state index contributed by atoms with van der Waals surface area (Å²) >= 11 is 0. The molecule has 2 fully saturated rings. The molecule has 0 saturated carbocycles. The van der Waals surface area contributed by atoms with E-state index >= 15 is 0 Å². The van der Waals surface area contributed by atoms with E-state index in [0.29, 0.717) is 24.2 Å². The molecule has 0 radical (unpaired) electrons. The fourth-order valence-corrected chi connectivity index (χ4v) is 3.37. The summed E-state index contributed by atoms with van der Waals surface area (Å²) in [7, 11) is 0. The van der Waals surface area contributed by atoms with E-state index in [1.807, 2.05) is 13.8 Å². The highest BCUT2D eigenvalue weighted by molar-refractivity contribution is 6.00. The average molecular weight is 436 g/mol. The third-order valence-corrected chi connectivity index (χ3v) is 5.48. The zero-order chi connectivity index (χ0) is 22.8. The van der Waals surface area contributed by atoms with E-state index in [1.54, 1.807) is 46.2 Å². The second-order valence-electron chi connectivity index (χ2n) is 8.05. The topological polar surface area (TPSA) is 92.8 Å². The molecule has 2 atom stereocenters. The van der Waals surface area contributed by atoms with E-state index in [4.69, 9.17) is 9.47 Å². The standard InChI is InChI=1S/C24H24N2O6/c1-15-13-25(15)21(27)17-5-3-7-19(11-17)23(29)31-9-10-32-24(30)20-8-4-6-18(12-20)22(28)26-14-16(26)2/h3-8,11-12,15-16H,9-10,13-14H2,1-2H3. The van der Waals surface area contributed by atoms with Crippen molar-refractivity contribution in [1.29, 1.82) is 0 Å². The van der Waals surface area contributed by atoms with Gasteiger partial charge in [0.05, 0.1) is 11.1 Å². The lowest BCUT2D eigenvalue weighted by Gasteiger charge is -2.09. The number of esters is 2. The molecule has 0 aliphatic carbocycles. The molecule has 32 heavy (non-hydrogen) atoms. The molecule has 0 bridgehead atoms. The molecule has 8 heteroatoms. The lowest BCUT2D eigenvalue weighted by Crippen LogP contribution is -2.17. The number of ether oxygens (including phenoxy) is 2. The molecule has 2 amide bonds. The molecule has 0 N–H and O–H groups in total. The summed E-state index contributed by atoms with van der Waals surface area (Å²) in [6.45, 7) is 5.08. The molecule has 0 aromatic heterocycles. The summed E-state index contributed by atoms with van der Waals surface area (Å²) in [6.07, 6.45) is 0. The first-order valence-corrected chi connectivity index (χ1v) is 10.5. The normalized spacial score (nSPS) is 18.7. The van der Waals surface area contributed by atoms with Crippen LogP contribution < -0.4 is 0 Å². The Hall–Kier alpha value is -3.68. The van der Waals surface area contributed by atoms with E-state index in [-0.39, 0.29) is 48.2 Å². The fourth-order valence-electron chi connectivity index (χ4n) is 3.37. The van der Waals surface area contributed by atoms with E-state index in [0.717, 1.165) is 0 Å². The minimum atomic E-state index is -0.602. The van der Waals surface area contributed by atoms with Crippen molar-refractivity contribution >= 4 is 23.8 Å². The first-order valence-electron chi connectivity index (χ1n) is 10.5. The second kappa shape index (κ2) is 8.82. The van der Waals surface area contributed by atoms with E-state index in [1.165, 1.54) is 12.1 Å². The highest BCUT2D eigenvalue weighted by Gasteiger charge is 2.35. The molecule has 8 nitrogen and oxygen atoms in total. The van der Waals surface area contributed by atoms with Crippen LogP contribution in [0.4, 0.5) is 0 Å². The zero-order valence-electron chi connectivity index (χ0n) is 17.9. The molecule has 166 valence electrons. The van der Waals surface area contributed by atoms with Gasteiger partial charge >= 0.3 is 11.9 Å². The van der Waals surface area contributed by atoms with Gasteiger partial charge in [0.25, 0.3) is 11.8 Å². The van der Waals surface area contributed by atoms with Crippen LogP contribution in [0.2, 0.25) is 0 Å². The van der Waals surface area contributed by atoms with Gasteiger partial charge in [-0.2, -0.15) is 0 Å². The summed E-state index contributed by atoms with van der Waals surface area (Å²) in [4.78, 5) is 52.5. The Bertz CT molecular complexity index is 996. The van der Waals surface area contributed by atoms with Gasteiger partial charge in [0.15, 0.2) is 0 Å². The summed E-state index contributed by atoms with van der Waals surface area (Å²) in [6, 6.07) is 13.2. The number of carbonyl (C=O) groups is 4. The first-order chi connectivity index (χ1) is 15.3. The lowest BCUT2D eigenvalue weighted by molar-refractivity contribution is 0.0265. The molecule has 2 aliphatic heterocycles. The van der Waals surface area contributed by atoms with Gasteiger partial charge in [0, 0.05) is 36.3 Å². The van der Waals surface area contributed by atoms with Gasteiger partial charge < -0.3 is 19.3 Å². The molecule has 2 aliphatic rings. The maximum atomic E-state index is 12.3. The number of nitrogens with zero attached hydrogens (tertiary/aromatic N) is 2. The number of hydrogen-bond acceptors (Lipinski definition) is 6. The largest absolute Gasteiger partial charge is 0.458 e. The summed E-state index contributed by atoms with van der Waals surface area (Å²) in [5.74, 6) is -1.44. The van der Waals surface area contributed by atoms with Crippen molar-refractivity contribution in [3.05, 3.63) is 70.8 Å². The molecular weight excluding hydrogens is 412 g/mol. The summed E-state index contributed by atoms with van der Waals surface area (Å²) in [5, 5.41) is 0. The van der Waals surface area contributed by atoms with Crippen LogP contribution >= 0.6 is 0 Å². The number of carbonyl (C=O) groups excluding carboxylic acids is 4. The maximum absolute atomic E-state index is 12.3. The van der Waals surface area contributed by atoms with Crippen LogP contribution in [0.15, 0.2) is 48.5 Å². The Labute approximate surface area is 185 Å². The van der Waals surface area contributed by atoms with E-state index < -0.39 is 11.9 Å². The average Bonchev–Trinajstić information content (AvgIpc) is 3.73. The highest BCUT2D eigenvalue weighted by Crippen LogP contribution is 2.22. The third-order valence-electron chi connectivity index (χ3n) is 5.48. The van der Waals surface area contributed by atoms with Crippen molar-refractivity contribution in [1.82, 2.24) is 9.80 Å². The van der Waals surface area contributed by atoms with Crippen molar-refractivity contribution < 1.29 is 28.7 Å². The molecule has 2 aromatic rings. The first kappa shape index (κ1) is 21.5. The van der Waals surface area contributed by atoms with Crippen LogP contribution in [0.5, 0.6) is 0 Å². The zero-order valence-corrected chi connectivity index (χ0v) is 17.9.